The van der Waals surface area contributed by atoms with Crippen LogP contribution in [0.15, 0.2) is 12.4 Å². The number of rotatable bonds is 6. The summed E-state index contributed by atoms with van der Waals surface area (Å²) in [5.41, 5.74) is 2.81. The molecule has 2 aromatic rings. The zero-order chi connectivity index (χ0) is 24.8. The van der Waals surface area contributed by atoms with Gasteiger partial charge in [0.15, 0.2) is 0 Å². The molecule has 0 unspecified atom stereocenters. The van der Waals surface area contributed by atoms with Gasteiger partial charge in [0, 0.05) is 61.2 Å². The Balaban J connectivity index is 1.49. The Labute approximate surface area is 206 Å². The first-order valence-corrected chi connectivity index (χ1v) is 12.6. The van der Waals surface area contributed by atoms with Crippen molar-refractivity contribution in [1.29, 1.82) is 0 Å². The molecule has 10 nitrogen and oxygen atoms in total. The molecule has 34 heavy (non-hydrogen) atoms. The number of amides is 2. The molecule has 4 N–H and O–H groups in total. The van der Waals surface area contributed by atoms with E-state index in [4.69, 9.17) is 0 Å². The van der Waals surface area contributed by atoms with Crippen LogP contribution in [0, 0.1) is 13.8 Å². The molecule has 1 aliphatic rings. The van der Waals surface area contributed by atoms with Gasteiger partial charge in [-0.05, 0) is 25.0 Å². The van der Waals surface area contributed by atoms with Crippen molar-refractivity contribution in [3.05, 3.63) is 46.0 Å². The predicted octanol–water partition coefficient (Wildman–Crippen LogP) is 2.51. The molecule has 0 aromatic carbocycles. The summed E-state index contributed by atoms with van der Waals surface area (Å²) in [6, 6.07) is 0. The van der Waals surface area contributed by atoms with E-state index in [1.165, 1.54) is 0 Å². The fourth-order valence-corrected chi connectivity index (χ4v) is 5.29. The summed E-state index contributed by atoms with van der Waals surface area (Å²) in [5, 5.41) is 38.9. The summed E-state index contributed by atoms with van der Waals surface area (Å²) < 4.78 is 0. The number of aromatic hydroxyl groups is 2. The highest BCUT2D eigenvalue weighted by Crippen LogP contribution is 2.29. The molecule has 184 valence electrons. The Hall–Kier alpha value is -2.54. The van der Waals surface area contributed by atoms with E-state index in [0.717, 1.165) is 23.5 Å². The standard InChI is InChI=1S/C22H28N4O6S2/c1-13-19(29)17(9-27)15(7-23-13)11-33-21(31)25-3-5-26(6-4-25)22(32)34-12-16-8-24-14(2)20(30)18(16)10-28/h7-8,27-30H,3-6,9-12H2,1-2H3. The van der Waals surface area contributed by atoms with Crippen LogP contribution in [0.25, 0.3) is 0 Å². The van der Waals surface area contributed by atoms with Crippen LogP contribution in [0.3, 0.4) is 0 Å². The summed E-state index contributed by atoms with van der Waals surface area (Å²) in [6.07, 6.45) is 3.11. The maximum absolute atomic E-state index is 12.6. The first-order valence-electron chi connectivity index (χ1n) is 10.6. The van der Waals surface area contributed by atoms with E-state index in [1.807, 2.05) is 0 Å². The normalized spacial score (nSPS) is 13.9. The SMILES string of the molecule is Cc1ncc(CSC(=O)N2CCN(C(=O)SCc3cnc(C)c(O)c3CO)CC2)c(CO)c1O. The zero-order valence-electron chi connectivity index (χ0n) is 19.0. The Morgan fingerprint density at radius 2 is 1.15 bits per heavy atom. The van der Waals surface area contributed by atoms with Gasteiger partial charge in [-0.2, -0.15) is 0 Å². The molecule has 0 saturated carbocycles. The topological polar surface area (TPSA) is 147 Å². The quantitative estimate of drug-likeness (QED) is 0.459. The minimum Gasteiger partial charge on any atom is -0.506 e. The summed E-state index contributed by atoms with van der Waals surface area (Å²) >= 11 is 2.13. The van der Waals surface area contributed by atoms with Gasteiger partial charge in [-0.15, -0.1) is 0 Å². The number of aliphatic hydroxyl groups excluding tert-OH is 2. The Kier molecular flexibility index (Phi) is 9.00. The van der Waals surface area contributed by atoms with Gasteiger partial charge >= 0.3 is 0 Å². The largest absolute Gasteiger partial charge is 0.506 e. The number of hydrogen-bond donors (Lipinski definition) is 4. The Bertz CT molecular complexity index is 977. The van der Waals surface area contributed by atoms with Gasteiger partial charge in [0.25, 0.3) is 10.5 Å². The second-order valence-electron chi connectivity index (χ2n) is 7.79. The molecular weight excluding hydrogens is 480 g/mol. The van der Waals surface area contributed by atoms with Crippen LogP contribution in [0.4, 0.5) is 9.59 Å². The molecule has 2 amide bonds. The number of pyridine rings is 2. The lowest BCUT2D eigenvalue weighted by Gasteiger charge is -2.34. The van der Waals surface area contributed by atoms with E-state index in [1.54, 1.807) is 36.0 Å². The van der Waals surface area contributed by atoms with E-state index in [0.29, 0.717) is 59.8 Å². The molecule has 3 rings (SSSR count). The molecule has 0 spiro atoms. The third-order valence-electron chi connectivity index (χ3n) is 5.68. The molecular formula is C22H28N4O6S2. The van der Waals surface area contributed by atoms with Crippen molar-refractivity contribution in [2.75, 3.05) is 26.2 Å². The number of aryl methyl sites for hydroxylation is 2. The smallest absolute Gasteiger partial charge is 0.282 e. The van der Waals surface area contributed by atoms with E-state index in [-0.39, 0.29) is 46.7 Å². The van der Waals surface area contributed by atoms with Crippen LogP contribution >= 0.6 is 23.5 Å². The summed E-state index contributed by atoms with van der Waals surface area (Å²) in [7, 11) is 0. The summed E-state index contributed by atoms with van der Waals surface area (Å²) in [6.45, 7) is 4.21. The van der Waals surface area contributed by atoms with Crippen molar-refractivity contribution in [3.63, 3.8) is 0 Å². The minimum absolute atomic E-state index is 0.0552. The van der Waals surface area contributed by atoms with Crippen LogP contribution in [0.1, 0.15) is 33.6 Å². The first-order chi connectivity index (χ1) is 16.3. The molecule has 1 fully saturated rings. The monoisotopic (exact) mass is 508 g/mol. The maximum atomic E-state index is 12.6. The number of piperazine rings is 1. The van der Waals surface area contributed by atoms with Gasteiger partial charge in [0.05, 0.1) is 24.6 Å². The van der Waals surface area contributed by atoms with Crippen molar-refractivity contribution in [2.45, 2.75) is 38.6 Å². The number of carbonyl (C=O) groups is 2. The highest BCUT2D eigenvalue weighted by Gasteiger charge is 2.25. The van der Waals surface area contributed by atoms with Gasteiger partial charge in [-0.25, -0.2) is 0 Å². The van der Waals surface area contributed by atoms with Gasteiger partial charge in [0.1, 0.15) is 11.5 Å². The molecule has 1 aliphatic heterocycles. The zero-order valence-corrected chi connectivity index (χ0v) is 20.7. The molecule has 12 heteroatoms. The number of hydrogen-bond acceptors (Lipinski definition) is 10. The second kappa shape index (κ2) is 11.7. The fourth-order valence-electron chi connectivity index (χ4n) is 3.50. The number of aromatic nitrogens is 2. The minimum atomic E-state index is -0.338. The average Bonchev–Trinajstić information content (AvgIpc) is 2.85. The maximum Gasteiger partial charge on any atom is 0.282 e. The number of aliphatic hydroxyl groups is 2. The van der Waals surface area contributed by atoms with E-state index in [9.17, 15) is 30.0 Å². The summed E-state index contributed by atoms with van der Waals surface area (Å²) in [4.78, 5) is 36.8. The van der Waals surface area contributed by atoms with Crippen molar-refractivity contribution in [2.24, 2.45) is 0 Å². The van der Waals surface area contributed by atoms with Crippen LogP contribution in [0.2, 0.25) is 0 Å². The van der Waals surface area contributed by atoms with Crippen molar-refractivity contribution < 1.29 is 30.0 Å². The van der Waals surface area contributed by atoms with E-state index >= 15 is 0 Å². The Morgan fingerprint density at radius 1 is 0.794 bits per heavy atom. The molecule has 0 aliphatic carbocycles. The lowest BCUT2D eigenvalue weighted by molar-refractivity contribution is 0.168. The van der Waals surface area contributed by atoms with Crippen molar-refractivity contribution >= 4 is 34.0 Å². The van der Waals surface area contributed by atoms with E-state index in [2.05, 4.69) is 9.97 Å². The van der Waals surface area contributed by atoms with E-state index < -0.39 is 0 Å². The molecule has 0 atom stereocenters. The number of nitrogens with zero attached hydrogens (tertiary/aromatic N) is 4. The van der Waals surface area contributed by atoms with Crippen molar-refractivity contribution in [3.8, 4) is 11.5 Å². The molecule has 0 bridgehead atoms. The van der Waals surface area contributed by atoms with Crippen LogP contribution < -0.4 is 0 Å². The molecule has 1 saturated heterocycles. The van der Waals surface area contributed by atoms with Crippen LogP contribution in [-0.2, 0) is 24.7 Å². The lowest BCUT2D eigenvalue weighted by atomic mass is 10.1. The van der Waals surface area contributed by atoms with Crippen LogP contribution in [0.5, 0.6) is 11.5 Å². The Morgan fingerprint density at radius 3 is 1.47 bits per heavy atom. The van der Waals surface area contributed by atoms with Gasteiger partial charge < -0.3 is 30.2 Å². The molecule has 2 aromatic heterocycles. The number of thioether (sulfide) groups is 2. The predicted molar refractivity (Wildman–Crippen MR) is 130 cm³/mol. The lowest BCUT2D eigenvalue weighted by Crippen LogP contribution is -2.48. The van der Waals surface area contributed by atoms with Crippen LogP contribution in [-0.4, -0.2) is 76.9 Å². The third kappa shape index (κ3) is 5.93. The third-order valence-corrected chi connectivity index (χ3v) is 7.60. The highest BCUT2D eigenvalue weighted by molar-refractivity contribution is 8.13. The summed E-state index contributed by atoms with van der Waals surface area (Å²) in [5.74, 6) is 0.436. The first kappa shape index (κ1) is 26.1. The highest BCUT2D eigenvalue weighted by atomic mass is 32.2. The second-order valence-corrected chi connectivity index (χ2v) is 9.64. The average molecular weight is 509 g/mol. The van der Waals surface area contributed by atoms with Gasteiger partial charge in [-0.3, -0.25) is 19.6 Å². The molecule has 0 radical (unpaired) electrons. The fraction of sp³-hybridized carbons (Fsp3) is 0.455. The van der Waals surface area contributed by atoms with Crippen molar-refractivity contribution in [1.82, 2.24) is 19.8 Å². The molecule has 3 heterocycles. The van der Waals surface area contributed by atoms with Gasteiger partial charge in [0.2, 0.25) is 0 Å². The number of carbonyl (C=O) groups excluding carboxylic acids is 2. The van der Waals surface area contributed by atoms with Gasteiger partial charge in [-0.1, -0.05) is 23.5 Å².